The molecule has 0 saturated heterocycles. The van der Waals surface area contributed by atoms with Crippen LogP contribution in [-0.2, 0) is 13.0 Å². The summed E-state index contributed by atoms with van der Waals surface area (Å²) < 4.78 is 1.70. The molecule has 8 heteroatoms. The Morgan fingerprint density at radius 1 is 1.05 bits per heavy atom. The van der Waals surface area contributed by atoms with E-state index in [1.54, 1.807) is 4.68 Å². The number of nitrogens with zero attached hydrogens (tertiary/aromatic N) is 3. The Morgan fingerprint density at radius 3 is 2.50 bits per heavy atom. The van der Waals surface area contributed by atoms with E-state index in [-0.39, 0.29) is 5.82 Å². The molecule has 0 unspecified atom stereocenters. The number of fused-ring (bicyclic) bond motifs is 1. The molecular weight excluding hydrogens is 266 g/mol. The molecule has 1 aliphatic heterocycles. The van der Waals surface area contributed by atoms with Crippen LogP contribution in [0.5, 0.6) is 0 Å². The minimum Gasteiger partial charge on any atom is -0.394 e. The zero-order valence-corrected chi connectivity index (χ0v) is 11.1. The molecule has 0 aliphatic carbocycles. The number of hydrogen-bond acceptors (Lipinski definition) is 7. The number of aryl methyl sites for hydroxylation is 2. The Bertz CT molecular complexity index is 415. The molecule has 0 amide bonds. The summed E-state index contributed by atoms with van der Waals surface area (Å²) in [6, 6.07) is 0. The van der Waals surface area contributed by atoms with Gasteiger partial charge in [-0.05, 0) is 12.8 Å². The van der Waals surface area contributed by atoms with Crippen molar-refractivity contribution >= 4 is 0 Å². The second-order valence-electron chi connectivity index (χ2n) is 5.10. The molecule has 1 aromatic heterocycles. The maximum absolute atomic E-state index is 9.98. The van der Waals surface area contributed by atoms with Crippen molar-refractivity contribution < 1.29 is 25.5 Å². The molecule has 0 bridgehead atoms. The van der Waals surface area contributed by atoms with Crippen LogP contribution < -0.4 is 0 Å². The summed E-state index contributed by atoms with van der Waals surface area (Å²) >= 11 is 0. The van der Waals surface area contributed by atoms with Gasteiger partial charge in [0.05, 0.1) is 6.61 Å². The first-order valence-corrected chi connectivity index (χ1v) is 6.81. The highest BCUT2D eigenvalue weighted by Crippen LogP contribution is 2.20. The predicted molar refractivity (Wildman–Crippen MR) is 67.6 cm³/mol. The second kappa shape index (κ2) is 6.59. The van der Waals surface area contributed by atoms with E-state index in [4.69, 9.17) is 5.11 Å². The molecule has 0 saturated carbocycles. The minimum absolute atomic E-state index is 0.0265. The standard InChI is InChI=1S/C12H21N3O5/c16-6-7(17)9(18)10(19)11(20)12-13-8-4-2-1-3-5-15(8)14-12/h7,9-11,16-20H,1-6H2/t7-,9-,10-,11+/m1/s1. The Labute approximate surface area is 116 Å². The van der Waals surface area contributed by atoms with Gasteiger partial charge in [-0.25, -0.2) is 9.67 Å². The lowest BCUT2D eigenvalue weighted by Crippen LogP contribution is -2.43. The normalized spacial score (nSPS) is 21.6. The van der Waals surface area contributed by atoms with Crippen molar-refractivity contribution in [3.8, 4) is 0 Å². The van der Waals surface area contributed by atoms with E-state index < -0.39 is 31.0 Å². The molecule has 1 aromatic rings. The van der Waals surface area contributed by atoms with Gasteiger partial charge in [0.1, 0.15) is 30.2 Å². The number of rotatable bonds is 5. The molecule has 2 rings (SSSR count). The molecule has 114 valence electrons. The summed E-state index contributed by atoms with van der Waals surface area (Å²) in [7, 11) is 0. The highest BCUT2D eigenvalue weighted by atomic mass is 16.4. The van der Waals surface area contributed by atoms with Crippen LogP contribution in [-0.4, -0.2) is 65.2 Å². The van der Waals surface area contributed by atoms with Crippen LogP contribution in [0.25, 0.3) is 0 Å². The largest absolute Gasteiger partial charge is 0.394 e. The third-order valence-corrected chi connectivity index (χ3v) is 3.55. The van der Waals surface area contributed by atoms with Crippen molar-refractivity contribution in [2.75, 3.05) is 6.61 Å². The van der Waals surface area contributed by atoms with Crippen molar-refractivity contribution in [2.45, 2.75) is 56.6 Å². The van der Waals surface area contributed by atoms with Crippen LogP contribution in [0.2, 0.25) is 0 Å². The third kappa shape index (κ3) is 3.15. The van der Waals surface area contributed by atoms with E-state index >= 15 is 0 Å². The number of aromatic nitrogens is 3. The first kappa shape index (κ1) is 15.3. The van der Waals surface area contributed by atoms with Crippen molar-refractivity contribution in [1.82, 2.24) is 14.8 Å². The molecule has 2 heterocycles. The summed E-state index contributed by atoms with van der Waals surface area (Å²) in [5, 5.41) is 51.5. The number of hydrogen-bond donors (Lipinski definition) is 5. The second-order valence-corrected chi connectivity index (χ2v) is 5.10. The molecule has 8 nitrogen and oxygen atoms in total. The van der Waals surface area contributed by atoms with Crippen LogP contribution in [0.3, 0.4) is 0 Å². The zero-order chi connectivity index (χ0) is 14.7. The average molecular weight is 287 g/mol. The fourth-order valence-electron chi connectivity index (χ4n) is 2.28. The summed E-state index contributed by atoms with van der Waals surface area (Å²) in [6.07, 6.45) is -2.51. The van der Waals surface area contributed by atoms with Crippen LogP contribution in [0.4, 0.5) is 0 Å². The summed E-state index contributed by atoms with van der Waals surface area (Å²) in [6.45, 7) is 0.00499. The third-order valence-electron chi connectivity index (χ3n) is 3.55. The van der Waals surface area contributed by atoms with Crippen LogP contribution >= 0.6 is 0 Å². The van der Waals surface area contributed by atoms with Crippen molar-refractivity contribution in [3.05, 3.63) is 11.6 Å². The van der Waals surface area contributed by atoms with Gasteiger partial charge in [-0.2, -0.15) is 5.10 Å². The number of aliphatic hydroxyl groups excluding tert-OH is 5. The van der Waals surface area contributed by atoms with Crippen molar-refractivity contribution in [3.63, 3.8) is 0 Å². The predicted octanol–water partition coefficient (Wildman–Crippen LogP) is -1.89. The Balaban J connectivity index is 2.10. The van der Waals surface area contributed by atoms with Gasteiger partial charge in [0.25, 0.3) is 0 Å². The average Bonchev–Trinajstić information content (AvgIpc) is 2.75. The highest BCUT2D eigenvalue weighted by molar-refractivity contribution is 5.01. The summed E-state index contributed by atoms with van der Waals surface area (Å²) in [5.41, 5.74) is 0. The molecule has 0 fully saturated rings. The Kier molecular flexibility index (Phi) is 5.06. The van der Waals surface area contributed by atoms with Gasteiger partial charge in [0.15, 0.2) is 5.82 Å². The lowest BCUT2D eigenvalue weighted by molar-refractivity contribution is -0.118. The van der Waals surface area contributed by atoms with Crippen LogP contribution in [0.15, 0.2) is 0 Å². The molecule has 0 radical (unpaired) electrons. The molecule has 4 atom stereocenters. The van der Waals surface area contributed by atoms with Gasteiger partial charge in [-0.1, -0.05) is 6.42 Å². The van der Waals surface area contributed by atoms with Crippen LogP contribution in [0.1, 0.15) is 37.0 Å². The van der Waals surface area contributed by atoms with Crippen LogP contribution in [0, 0.1) is 0 Å². The van der Waals surface area contributed by atoms with Gasteiger partial charge in [-0.15, -0.1) is 0 Å². The zero-order valence-electron chi connectivity index (χ0n) is 11.1. The topological polar surface area (TPSA) is 132 Å². The molecule has 0 spiro atoms. The van der Waals surface area contributed by atoms with Gasteiger partial charge < -0.3 is 25.5 Å². The quantitative estimate of drug-likeness (QED) is 0.428. The fraction of sp³-hybridized carbons (Fsp3) is 0.833. The van der Waals surface area contributed by atoms with Gasteiger partial charge in [0.2, 0.25) is 0 Å². The molecular formula is C12H21N3O5. The van der Waals surface area contributed by atoms with Gasteiger partial charge in [0, 0.05) is 13.0 Å². The van der Waals surface area contributed by atoms with E-state index in [1.807, 2.05) is 0 Å². The van der Waals surface area contributed by atoms with E-state index in [9.17, 15) is 20.4 Å². The molecule has 0 aromatic carbocycles. The minimum atomic E-state index is -1.67. The van der Waals surface area contributed by atoms with E-state index in [1.165, 1.54) is 0 Å². The van der Waals surface area contributed by atoms with Crippen molar-refractivity contribution in [2.24, 2.45) is 0 Å². The van der Waals surface area contributed by atoms with Gasteiger partial charge >= 0.3 is 0 Å². The highest BCUT2D eigenvalue weighted by Gasteiger charge is 2.33. The fourth-order valence-corrected chi connectivity index (χ4v) is 2.28. The van der Waals surface area contributed by atoms with E-state index in [2.05, 4.69) is 10.1 Å². The lowest BCUT2D eigenvalue weighted by atomic mass is 10.0. The monoisotopic (exact) mass is 287 g/mol. The van der Waals surface area contributed by atoms with E-state index in [0.717, 1.165) is 31.5 Å². The number of aliphatic hydroxyl groups is 5. The summed E-state index contributed by atoms with van der Waals surface area (Å²) in [5.74, 6) is 0.777. The Morgan fingerprint density at radius 2 is 1.80 bits per heavy atom. The molecule has 1 aliphatic rings. The molecule has 5 N–H and O–H groups in total. The Hall–Kier alpha value is -1.06. The SMILES string of the molecule is OC[C@@H](O)[C@@H](O)[C@@H](O)[C@H](O)c1nc2n(n1)CCCCC2. The maximum atomic E-state index is 9.98. The van der Waals surface area contributed by atoms with Gasteiger partial charge in [-0.3, -0.25) is 0 Å². The molecule has 20 heavy (non-hydrogen) atoms. The first-order valence-electron chi connectivity index (χ1n) is 6.81. The maximum Gasteiger partial charge on any atom is 0.182 e. The smallest absolute Gasteiger partial charge is 0.182 e. The summed E-state index contributed by atoms with van der Waals surface area (Å²) in [4.78, 5) is 4.19. The van der Waals surface area contributed by atoms with Crippen molar-refractivity contribution in [1.29, 1.82) is 0 Å². The van der Waals surface area contributed by atoms with E-state index in [0.29, 0.717) is 6.54 Å². The first-order chi connectivity index (χ1) is 9.54. The lowest BCUT2D eigenvalue weighted by Gasteiger charge is -2.24.